The van der Waals surface area contributed by atoms with Crippen molar-refractivity contribution in [3.05, 3.63) is 0 Å². The van der Waals surface area contributed by atoms with Crippen LogP contribution in [0.3, 0.4) is 0 Å². The molecule has 2 amide bonds. The topological polar surface area (TPSA) is 84.7 Å². The molecule has 1 rings (SSSR count). The molecule has 8 heteroatoms. The zero-order valence-corrected chi connectivity index (χ0v) is 10.8. The van der Waals surface area contributed by atoms with Gasteiger partial charge in [-0.1, -0.05) is 0 Å². The molecule has 0 aromatic rings. The molecule has 0 radical (unpaired) electrons. The number of ether oxygens (including phenoxy) is 1. The van der Waals surface area contributed by atoms with Gasteiger partial charge < -0.3 is 20.7 Å². The standard InChI is InChI=1S/C11H19F2N3O3/c1-19-10(17)3-7-2-8(15-4-9(12)13)6-16(5-7)11(14)18/h7-9,15H,2-6H2,1H3,(H2,14,18). The smallest absolute Gasteiger partial charge is 0.314 e. The number of carbonyl (C=O) groups excluding carboxylic acids is 2. The summed E-state index contributed by atoms with van der Waals surface area (Å²) in [6.07, 6.45) is -1.78. The summed E-state index contributed by atoms with van der Waals surface area (Å²) < 4.78 is 28.9. The number of likely N-dealkylation sites (tertiary alicyclic amines) is 1. The number of esters is 1. The first-order chi connectivity index (χ1) is 8.92. The van der Waals surface area contributed by atoms with Crippen LogP contribution in [0.5, 0.6) is 0 Å². The summed E-state index contributed by atoms with van der Waals surface area (Å²) in [6.45, 7) is 0.180. The molecule has 110 valence electrons. The molecular weight excluding hydrogens is 260 g/mol. The molecule has 6 nitrogen and oxygen atoms in total. The van der Waals surface area contributed by atoms with Crippen LogP contribution in [-0.2, 0) is 9.53 Å². The van der Waals surface area contributed by atoms with Crippen LogP contribution >= 0.6 is 0 Å². The molecule has 2 unspecified atom stereocenters. The SMILES string of the molecule is COC(=O)CC1CC(NCC(F)F)CN(C(N)=O)C1. The summed E-state index contributed by atoms with van der Waals surface area (Å²) in [7, 11) is 1.28. The number of halogens is 2. The van der Waals surface area contributed by atoms with Crippen molar-refractivity contribution in [2.24, 2.45) is 11.7 Å². The summed E-state index contributed by atoms with van der Waals surface area (Å²) in [6, 6.07) is -0.900. The van der Waals surface area contributed by atoms with Crippen LogP contribution in [-0.4, -0.2) is 56.1 Å². The molecule has 0 aromatic heterocycles. The molecule has 1 heterocycles. The predicted molar refractivity (Wildman–Crippen MR) is 63.7 cm³/mol. The van der Waals surface area contributed by atoms with Gasteiger partial charge in [0, 0.05) is 19.1 Å². The molecule has 0 saturated carbocycles. The van der Waals surface area contributed by atoms with Crippen molar-refractivity contribution in [3.8, 4) is 0 Å². The molecule has 0 bridgehead atoms. The van der Waals surface area contributed by atoms with Crippen LogP contribution in [0.2, 0.25) is 0 Å². The number of hydrogen-bond donors (Lipinski definition) is 2. The second kappa shape index (κ2) is 7.22. The van der Waals surface area contributed by atoms with Gasteiger partial charge in [-0.2, -0.15) is 0 Å². The van der Waals surface area contributed by atoms with Crippen LogP contribution in [0.4, 0.5) is 13.6 Å². The van der Waals surface area contributed by atoms with Gasteiger partial charge in [0.05, 0.1) is 20.1 Å². The van der Waals surface area contributed by atoms with E-state index < -0.39 is 19.0 Å². The number of nitrogens with two attached hydrogens (primary N) is 1. The Hall–Kier alpha value is -1.44. The fraction of sp³-hybridized carbons (Fsp3) is 0.818. The molecule has 2 atom stereocenters. The number of nitrogens with one attached hydrogen (secondary N) is 1. The van der Waals surface area contributed by atoms with E-state index in [1.165, 1.54) is 12.0 Å². The number of carbonyl (C=O) groups is 2. The highest BCUT2D eigenvalue weighted by atomic mass is 19.3. The molecular formula is C11H19F2N3O3. The minimum atomic E-state index is -2.46. The van der Waals surface area contributed by atoms with Gasteiger partial charge in [-0.05, 0) is 12.3 Å². The molecule has 1 saturated heterocycles. The monoisotopic (exact) mass is 279 g/mol. The zero-order valence-electron chi connectivity index (χ0n) is 10.8. The minimum absolute atomic E-state index is 0.135. The van der Waals surface area contributed by atoms with E-state index in [0.717, 1.165) is 0 Å². The molecule has 0 spiro atoms. The second-order valence-electron chi connectivity index (χ2n) is 4.62. The van der Waals surface area contributed by atoms with Crippen LogP contribution in [0.1, 0.15) is 12.8 Å². The average Bonchev–Trinajstić information content (AvgIpc) is 2.35. The maximum Gasteiger partial charge on any atom is 0.314 e. The molecule has 0 aromatic carbocycles. The van der Waals surface area contributed by atoms with Gasteiger partial charge in [0.25, 0.3) is 6.43 Å². The predicted octanol–water partition coefficient (Wildman–Crippen LogP) is 0.173. The Balaban J connectivity index is 2.57. The van der Waals surface area contributed by atoms with Gasteiger partial charge in [-0.3, -0.25) is 4.79 Å². The maximum atomic E-state index is 12.2. The first-order valence-corrected chi connectivity index (χ1v) is 6.05. The van der Waals surface area contributed by atoms with Crippen molar-refractivity contribution in [2.45, 2.75) is 25.3 Å². The van der Waals surface area contributed by atoms with Crippen molar-refractivity contribution >= 4 is 12.0 Å². The second-order valence-corrected chi connectivity index (χ2v) is 4.62. The third-order valence-corrected chi connectivity index (χ3v) is 3.09. The van der Waals surface area contributed by atoms with Crippen molar-refractivity contribution in [3.63, 3.8) is 0 Å². The average molecular weight is 279 g/mol. The van der Waals surface area contributed by atoms with E-state index in [1.54, 1.807) is 0 Å². The summed E-state index contributed by atoms with van der Waals surface area (Å²) in [4.78, 5) is 23.8. The molecule has 1 aliphatic heterocycles. The van der Waals surface area contributed by atoms with Gasteiger partial charge >= 0.3 is 12.0 Å². The Labute approximate surface area is 110 Å². The van der Waals surface area contributed by atoms with Gasteiger partial charge in [-0.15, -0.1) is 0 Å². The summed E-state index contributed by atoms with van der Waals surface area (Å²) >= 11 is 0. The summed E-state index contributed by atoms with van der Waals surface area (Å²) in [5, 5.41) is 2.68. The van der Waals surface area contributed by atoms with E-state index in [-0.39, 0.29) is 30.9 Å². The van der Waals surface area contributed by atoms with E-state index in [4.69, 9.17) is 5.73 Å². The Morgan fingerprint density at radius 2 is 2.16 bits per heavy atom. The normalized spacial score (nSPS) is 23.5. The highest BCUT2D eigenvalue weighted by molar-refractivity contribution is 5.73. The maximum absolute atomic E-state index is 12.2. The third-order valence-electron chi connectivity index (χ3n) is 3.09. The van der Waals surface area contributed by atoms with E-state index in [9.17, 15) is 18.4 Å². The number of urea groups is 1. The Morgan fingerprint density at radius 1 is 1.47 bits per heavy atom. The van der Waals surface area contributed by atoms with Gasteiger partial charge in [0.1, 0.15) is 0 Å². The van der Waals surface area contributed by atoms with Gasteiger partial charge in [0.15, 0.2) is 0 Å². The number of rotatable bonds is 5. The largest absolute Gasteiger partial charge is 0.469 e. The Morgan fingerprint density at radius 3 is 2.68 bits per heavy atom. The van der Waals surface area contributed by atoms with E-state index in [1.807, 2.05) is 0 Å². The van der Waals surface area contributed by atoms with Crippen LogP contribution < -0.4 is 11.1 Å². The van der Waals surface area contributed by atoms with Crippen molar-refractivity contribution in [1.82, 2.24) is 10.2 Å². The number of piperidine rings is 1. The quantitative estimate of drug-likeness (QED) is 0.703. The van der Waals surface area contributed by atoms with Crippen molar-refractivity contribution < 1.29 is 23.1 Å². The summed E-state index contributed by atoms with van der Waals surface area (Å²) in [5.74, 6) is -0.521. The molecule has 0 aliphatic carbocycles. The lowest BCUT2D eigenvalue weighted by Crippen LogP contribution is -2.53. The van der Waals surface area contributed by atoms with E-state index in [0.29, 0.717) is 13.0 Å². The van der Waals surface area contributed by atoms with Crippen LogP contribution in [0.25, 0.3) is 0 Å². The number of primary amides is 1. The highest BCUT2D eigenvalue weighted by Crippen LogP contribution is 2.20. The van der Waals surface area contributed by atoms with Crippen LogP contribution in [0.15, 0.2) is 0 Å². The third kappa shape index (κ3) is 5.37. The van der Waals surface area contributed by atoms with Gasteiger partial charge in [-0.25, -0.2) is 13.6 Å². The fourth-order valence-electron chi connectivity index (χ4n) is 2.25. The number of hydrogen-bond acceptors (Lipinski definition) is 4. The lowest BCUT2D eigenvalue weighted by Gasteiger charge is -2.37. The van der Waals surface area contributed by atoms with Crippen molar-refractivity contribution in [1.29, 1.82) is 0 Å². The minimum Gasteiger partial charge on any atom is -0.469 e. The van der Waals surface area contributed by atoms with Crippen molar-refractivity contribution in [2.75, 3.05) is 26.7 Å². The molecule has 3 N–H and O–H groups in total. The first kappa shape index (κ1) is 15.6. The first-order valence-electron chi connectivity index (χ1n) is 6.05. The molecule has 1 aliphatic rings. The van der Waals surface area contributed by atoms with Crippen LogP contribution in [0, 0.1) is 5.92 Å². The van der Waals surface area contributed by atoms with Gasteiger partial charge in [0.2, 0.25) is 0 Å². The van der Waals surface area contributed by atoms with E-state index in [2.05, 4.69) is 10.1 Å². The number of methoxy groups -OCH3 is 1. The number of alkyl halides is 2. The highest BCUT2D eigenvalue weighted by Gasteiger charge is 2.30. The zero-order chi connectivity index (χ0) is 14.4. The van der Waals surface area contributed by atoms with E-state index >= 15 is 0 Å². The Bertz CT molecular complexity index is 328. The molecule has 1 fully saturated rings. The molecule has 19 heavy (non-hydrogen) atoms. The fourth-order valence-corrected chi connectivity index (χ4v) is 2.25. The lowest BCUT2D eigenvalue weighted by atomic mass is 9.91. The lowest BCUT2D eigenvalue weighted by molar-refractivity contribution is -0.142. The Kier molecular flexibility index (Phi) is 5.94. The summed E-state index contributed by atoms with van der Waals surface area (Å²) in [5.41, 5.74) is 5.21. The number of nitrogens with zero attached hydrogens (tertiary/aromatic N) is 1. The number of amides is 2.